The number of rotatable bonds is 5. The number of likely N-dealkylation sites (N-methyl/N-ethyl adjacent to an activating group) is 1. The summed E-state index contributed by atoms with van der Waals surface area (Å²) >= 11 is 0. The molecule has 3 rings (SSSR count). The Morgan fingerprint density at radius 2 is 1.92 bits per heavy atom. The van der Waals surface area contributed by atoms with Crippen molar-refractivity contribution in [2.75, 3.05) is 53.4 Å². The second-order valence-electron chi connectivity index (χ2n) is 7.21. The van der Waals surface area contributed by atoms with Gasteiger partial charge in [0.1, 0.15) is 0 Å². The molecule has 2 heterocycles. The quantitative estimate of drug-likeness (QED) is 0.303. The molecule has 138 valence electrons. The molecule has 3 aliphatic rings. The molecule has 0 aromatic carbocycles. The van der Waals surface area contributed by atoms with E-state index >= 15 is 0 Å². The van der Waals surface area contributed by atoms with E-state index in [4.69, 9.17) is 0 Å². The average Bonchev–Trinajstić information content (AvgIpc) is 3.33. The summed E-state index contributed by atoms with van der Waals surface area (Å²) in [5, 5.41) is 3.58. The van der Waals surface area contributed by atoms with Crippen LogP contribution in [0.3, 0.4) is 0 Å². The molecule has 0 spiro atoms. The first-order valence-corrected chi connectivity index (χ1v) is 9.33. The molecule has 0 bridgehead atoms. The summed E-state index contributed by atoms with van der Waals surface area (Å²) < 4.78 is 0. The molecule has 2 aliphatic heterocycles. The number of halogens is 1. The second kappa shape index (κ2) is 9.97. The van der Waals surface area contributed by atoms with Crippen molar-refractivity contribution in [2.24, 2.45) is 4.99 Å². The van der Waals surface area contributed by atoms with Gasteiger partial charge in [0.2, 0.25) is 0 Å². The lowest BCUT2D eigenvalue weighted by atomic mass is 10.2. The molecule has 0 radical (unpaired) electrons. The van der Waals surface area contributed by atoms with Gasteiger partial charge in [0, 0.05) is 58.4 Å². The van der Waals surface area contributed by atoms with Crippen molar-refractivity contribution in [2.45, 2.75) is 44.2 Å². The summed E-state index contributed by atoms with van der Waals surface area (Å²) in [6, 6.07) is 1.49. The maximum absolute atomic E-state index is 4.50. The highest BCUT2D eigenvalue weighted by atomic mass is 127. The predicted molar refractivity (Wildman–Crippen MR) is 112 cm³/mol. The smallest absolute Gasteiger partial charge is 0.193 e. The van der Waals surface area contributed by atoms with Crippen LogP contribution in [0.1, 0.15) is 32.1 Å². The summed E-state index contributed by atoms with van der Waals surface area (Å²) in [6.45, 7) is 6.58. The van der Waals surface area contributed by atoms with Crippen LogP contribution in [0.4, 0.5) is 0 Å². The summed E-state index contributed by atoms with van der Waals surface area (Å²) in [7, 11) is 4.18. The van der Waals surface area contributed by atoms with Crippen LogP contribution in [0.5, 0.6) is 0 Å². The standard InChI is InChI=1S/C18H33N5.HI/c1-19-18(20-10-14-21(2)16-7-3-4-8-16)23-13-9-17(15-23)22-11-5-6-12-22;/h5-6,16-17H,3-4,7-15H2,1-2H3,(H,19,20);1H. The predicted octanol–water partition coefficient (Wildman–Crippen LogP) is 2.00. The molecular weight excluding hydrogens is 413 g/mol. The number of likely N-dealkylation sites (tertiary alicyclic amines) is 1. The Morgan fingerprint density at radius 3 is 2.58 bits per heavy atom. The van der Waals surface area contributed by atoms with Gasteiger partial charge in [0.05, 0.1) is 0 Å². The Hall–Kier alpha value is -0.340. The van der Waals surface area contributed by atoms with Crippen LogP contribution in [0.25, 0.3) is 0 Å². The monoisotopic (exact) mass is 447 g/mol. The Balaban J connectivity index is 0.00000208. The zero-order chi connectivity index (χ0) is 16.1. The van der Waals surface area contributed by atoms with Gasteiger partial charge in [-0.3, -0.25) is 9.89 Å². The molecule has 5 nitrogen and oxygen atoms in total. The summed E-state index contributed by atoms with van der Waals surface area (Å²) in [5.74, 6) is 1.08. The molecule has 24 heavy (non-hydrogen) atoms. The number of hydrogen-bond acceptors (Lipinski definition) is 3. The number of nitrogens with zero attached hydrogens (tertiary/aromatic N) is 4. The van der Waals surface area contributed by atoms with Crippen LogP contribution in [-0.4, -0.2) is 86.1 Å². The molecule has 1 saturated heterocycles. The first-order chi connectivity index (χ1) is 11.3. The summed E-state index contributed by atoms with van der Waals surface area (Å²) in [4.78, 5) is 12.0. The van der Waals surface area contributed by atoms with E-state index in [0.29, 0.717) is 6.04 Å². The van der Waals surface area contributed by atoms with Gasteiger partial charge in [0.15, 0.2) is 5.96 Å². The molecule has 0 aromatic heterocycles. The normalized spacial score (nSPS) is 25.7. The van der Waals surface area contributed by atoms with E-state index < -0.39 is 0 Å². The van der Waals surface area contributed by atoms with Gasteiger partial charge in [-0.2, -0.15) is 0 Å². The van der Waals surface area contributed by atoms with Crippen LogP contribution < -0.4 is 5.32 Å². The minimum Gasteiger partial charge on any atom is -0.355 e. The Labute approximate surface area is 164 Å². The van der Waals surface area contributed by atoms with Gasteiger partial charge in [0.25, 0.3) is 0 Å². The molecule has 1 unspecified atom stereocenters. The Bertz CT molecular complexity index is 425. The van der Waals surface area contributed by atoms with Crippen molar-refractivity contribution in [3.05, 3.63) is 12.2 Å². The fourth-order valence-electron chi connectivity index (χ4n) is 4.23. The van der Waals surface area contributed by atoms with Crippen LogP contribution in [0, 0.1) is 0 Å². The molecule has 6 heteroatoms. The van der Waals surface area contributed by atoms with Gasteiger partial charge in [-0.1, -0.05) is 25.0 Å². The SMILES string of the molecule is CN=C(NCCN(C)C1CCCC1)N1CCC(N2CC=CC2)C1.I. The average molecular weight is 447 g/mol. The minimum absolute atomic E-state index is 0. The number of hydrogen-bond donors (Lipinski definition) is 1. The van der Waals surface area contributed by atoms with E-state index in [0.717, 1.165) is 51.3 Å². The van der Waals surface area contributed by atoms with Crippen molar-refractivity contribution in [3.63, 3.8) is 0 Å². The highest BCUT2D eigenvalue weighted by Gasteiger charge is 2.29. The lowest BCUT2D eigenvalue weighted by Crippen LogP contribution is -2.45. The zero-order valence-corrected chi connectivity index (χ0v) is 17.6. The van der Waals surface area contributed by atoms with Gasteiger partial charge in [-0.15, -0.1) is 24.0 Å². The highest BCUT2D eigenvalue weighted by Crippen LogP contribution is 2.22. The molecule has 1 aliphatic carbocycles. The highest BCUT2D eigenvalue weighted by molar-refractivity contribution is 14.0. The van der Waals surface area contributed by atoms with Gasteiger partial charge < -0.3 is 15.1 Å². The van der Waals surface area contributed by atoms with Crippen LogP contribution in [-0.2, 0) is 0 Å². The fraction of sp³-hybridized carbons (Fsp3) is 0.833. The van der Waals surface area contributed by atoms with Crippen molar-refractivity contribution < 1.29 is 0 Å². The fourth-order valence-corrected chi connectivity index (χ4v) is 4.23. The number of aliphatic imine (C=N–C) groups is 1. The van der Waals surface area contributed by atoms with E-state index in [-0.39, 0.29) is 24.0 Å². The lowest BCUT2D eigenvalue weighted by molar-refractivity contribution is 0.247. The van der Waals surface area contributed by atoms with E-state index in [1.165, 1.54) is 32.1 Å². The maximum Gasteiger partial charge on any atom is 0.193 e. The molecule has 1 saturated carbocycles. The van der Waals surface area contributed by atoms with Gasteiger partial charge in [-0.25, -0.2) is 0 Å². The largest absolute Gasteiger partial charge is 0.355 e. The Kier molecular flexibility index (Phi) is 8.30. The molecule has 2 fully saturated rings. The molecule has 0 aromatic rings. The topological polar surface area (TPSA) is 34.1 Å². The van der Waals surface area contributed by atoms with E-state index in [9.17, 15) is 0 Å². The van der Waals surface area contributed by atoms with Crippen molar-refractivity contribution >= 4 is 29.9 Å². The van der Waals surface area contributed by atoms with E-state index in [1.54, 1.807) is 0 Å². The zero-order valence-electron chi connectivity index (χ0n) is 15.3. The third-order valence-corrected chi connectivity index (χ3v) is 5.73. The first kappa shape index (κ1) is 20.0. The Morgan fingerprint density at radius 1 is 1.21 bits per heavy atom. The van der Waals surface area contributed by atoms with Crippen LogP contribution >= 0.6 is 24.0 Å². The maximum atomic E-state index is 4.50. The third kappa shape index (κ3) is 5.08. The van der Waals surface area contributed by atoms with Gasteiger partial charge in [-0.05, 0) is 26.3 Å². The number of guanidine groups is 1. The van der Waals surface area contributed by atoms with Crippen LogP contribution in [0.2, 0.25) is 0 Å². The van der Waals surface area contributed by atoms with E-state index in [2.05, 4.69) is 44.2 Å². The number of nitrogens with one attached hydrogen (secondary N) is 1. The molecular formula is C18H34IN5. The molecule has 1 N–H and O–H groups in total. The van der Waals surface area contributed by atoms with Crippen molar-refractivity contribution in [1.82, 2.24) is 20.0 Å². The van der Waals surface area contributed by atoms with Gasteiger partial charge >= 0.3 is 0 Å². The second-order valence-corrected chi connectivity index (χ2v) is 7.21. The van der Waals surface area contributed by atoms with Crippen molar-refractivity contribution in [1.29, 1.82) is 0 Å². The minimum atomic E-state index is 0. The first-order valence-electron chi connectivity index (χ1n) is 9.33. The molecule has 1 atom stereocenters. The van der Waals surface area contributed by atoms with E-state index in [1.807, 2.05) is 7.05 Å². The van der Waals surface area contributed by atoms with Crippen molar-refractivity contribution in [3.8, 4) is 0 Å². The molecule has 0 amide bonds. The summed E-state index contributed by atoms with van der Waals surface area (Å²) in [5.41, 5.74) is 0. The van der Waals surface area contributed by atoms with Crippen LogP contribution in [0.15, 0.2) is 17.1 Å². The third-order valence-electron chi connectivity index (χ3n) is 5.73. The summed E-state index contributed by atoms with van der Waals surface area (Å²) in [6.07, 6.45) is 11.4. The lowest BCUT2D eigenvalue weighted by Gasteiger charge is -2.27.